The molecule has 1 fully saturated rings. The van der Waals surface area contributed by atoms with Crippen molar-refractivity contribution in [1.29, 1.82) is 0 Å². The molecule has 0 bridgehead atoms. The van der Waals surface area contributed by atoms with Crippen LogP contribution in [0.2, 0.25) is 5.02 Å². The summed E-state index contributed by atoms with van der Waals surface area (Å²) in [6.07, 6.45) is 5.93. The van der Waals surface area contributed by atoms with Crippen molar-refractivity contribution in [3.63, 3.8) is 0 Å². The fraction of sp³-hybridized carbons (Fsp3) is 0.462. The van der Waals surface area contributed by atoms with Crippen molar-refractivity contribution in [2.75, 3.05) is 17.1 Å². The Hall–Kier alpha value is -2.65. The number of carbonyl (C=O) groups is 2. The Morgan fingerprint density at radius 2 is 1.78 bits per heavy atom. The number of amides is 2. The minimum absolute atomic E-state index is 0.0285. The van der Waals surface area contributed by atoms with Crippen LogP contribution in [0.4, 0.5) is 10.1 Å². The molecule has 0 aromatic heterocycles. The van der Waals surface area contributed by atoms with Gasteiger partial charge in [0, 0.05) is 23.2 Å². The van der Waals surface area contributed by atoms with Gasteiger partial charge in [-0.2, -0.15) is 0 Å². The summed E-state index contributed by atoms with van der Waals surface area (Å²) in [4.78, 5) is 28.0. The van der Waals surface area contributed by atoms with Gasteiger partial charge in [-0.1, -0.05) is 55.1 Å². The molecule has 1 N–H and O–H groups in total. The van der Waals surface area contributed by atoms with E-state index in [2.05, 4.69) is 5.32 Å². The van der Waals surface area contributed by atoms with Gasteiger partial charge in [0.05, 0.1) is 11.9 Å². The van der Waals surface area contributed by atoms with E-state index in [0.29, 0.717) is 10.6 Å². The number of carbonyl (C=O) groups excluding carboxylic acids is 2. The van der Waals surface area contributed by atoms with Gasteiger partial charge in [-0.25, -0.2) is 12.8 Å². The minimum atomic E-state index is -3.88. The van der Waals surface area contributed by atoms with Gasteiger partial charge in [0.1, 0.15) is 18.4 Å². The average Bonchev–Trinajstić information content (AvgIpc) is 2.83. The van der Waals surface area contributed by atoms with E-state index in [1.54, 1.807) is 38.1 Å². The summed E-state index contributed by atoms with van der Waals surface area (Å²) in [6.45, 7) is 2.50. The largest absolute Gasteiger partial charge is 0.352 e. The molecule has 36 heavy (non-hydrogen) atoms. The molecule has 0 spiro atoms. The lowest BCUT2D eigenvalue weighted by Crippen LogP contribution is -2.53. The molecular weight excluding hydrogens is 505 g/mol. The number of nitrogens with one attached hydrogen (secondary N) is 1. The topological polar surface area (TPSA) is 86.8 Å². The Labute approximate surface area is 217 Å². The Balaban J connectivity index is 1.91. The number of hydrogen-bond donors (Lipinski definition) is 1. The molecule has 1 aliphatic rings. The zero-order valence-corrected chi connectivity index (χ0v) is 22.4. The molecule has 3 rings (SSSR count). The summed E-state index contributed by atoms with van der Waals surface area (Å²) in [6, 6.07) is 9.89. The maximum atomic E-state index is 14.5. The highest BCUT2D eigenvalue weighted by atomic mass is 35.5. The third kappa shape index (κ3) is 6.97. The smallest absolute Gasteiger partial charge is 0.244 e. The lowest BCUT2D eigenvalue weighted by Gasteiger charge is -2.33. The molecule has 1 atom stereocenters. The SMILES string of the molecule is Cc1c(Cl)cccc1N(CC(=O)N(Cc1ccccc1F)[C@H](C)C(=O)NC1CCCCC1)S(C)(=O)=O. The molecule has 0 heterocycles. The van der Waals surface area contributed by atoms with Crippen LogP contribution < -0.4 is 9.62 Å². The van der Waals surface area contributed by atoms with Gasteiger partial charge in [-0.15, -0.1) is 0 Å². The molecule has 0 radical (unpaired) electrons. The third-order valence-electron chi connectivity index (χ3n) is 6.60. The van der Waals surface area contributed by atoms with E-state index in [0.717, 1.165) is 42.7 Å². The number of benzene rings is 2. The first-order valence-corrected chi connectivity index (χ1v) is 14.3. The number of rotatable bonds is 9. The number of nitrogens with zero attached hydrogens (tertiary/aromatic N) is 2. The van der Waals surface area contributed by atoms with E-state index in [-0.39, 0.29) is 29.7 Å². The molecule has 10 heteroatoms. The summed E-state index contributed by atoms with van der Waals surface area (Å²) in [7, 11) is -3.88. The Morgan fingerprint density at radius 1 is 1.11 bits per heavy atom. The molecule has 0 unspecified atom stereocenters. The zero-order chi connectivity index (χ0) is 26.5. The van der Waals surface area contributed by atoms with Gasteiger partial charge in [-0.05, 0) is 50.5 Å². The Kier molecular flexibility index (Phi) is 9.35. The van der Waals surface area contributed by atoms with E-state index in [1.807, 2.05) is 0 Å². The zero-order valence-electron chi connectivity index (χ0n) is 20.8. The summed E-state index contributed by atoms with van der Waals surface area (Å²) in [5.41, 5.74) is 0.998. The highest BCUT2D eigenvalue weighted by Gasteiger charge is 2.32. The van der Waals surface area contributed by atoms with E-state index in [1.165, 1.54) is 23.1 Å². The first-order chi connectivity index (χ1) is 17.0. The summed E-state index contributed by atoms with van der Waals surface area (Å²) in [5.74, 6) is -1.49. The number of sulfonamides is 1. The molecule has 196 valence electrons. The van der Waals surface area contributed by atoms with Crippen LogP contribution in [0.25, 0.3) is 0 Å². The molecule has 0 aliphatic heterocycles. The highest BCUT2D eigenvalue weighted by molar-refractivity contribution is 7.92. The minimum Gasteiger partial charge on any atom is -0.352 e. The Bertz CT molecular complexity index is 1200. The van der Waals surface area contributed by atoms with Crippen LogP contribution in [-0.2, 0) is 26.2 Å². The van der Waals surface area contributed by atoms with Crippen LogP contribution in [0.15, 0.2) is 42.5 Å². The van der Waals surface area contributed by atoms with E-state index in [9.17, 15) is 22.4 Å². The number of anilines is 1. The van der Waals surface area contributed by atoms with Crippen molar-refractivity contribution in [1.82, 2.24) is 10.2 Å². The third-order valence-corrected chi connectivity index (χ3v) is 8.14. The van der Waals surface area contributed by atoms with Crippen LogP contribution in [0.3, 0.4) is 0 Å². The van der Waals surface area contributed by atoms with E-state index < -0.39 is 34.3 Å². The van der Waals surface area contributed by atoms with Crippen molar-refractivity contribution < 1.29 is 22.4 Å². The lowest BCUT2D eigenvalue weighted by molar-refractivity contribution is -0.139. The lowest BCUT2D eigenvalue weighted by atomic mass is 9.95. The van der Waals surface area contributed by atoms with Crippen molar-refractivity contribution in [2.24, 2.45) is 0 Å². The van der Waals surface area contributed by atoms with Gasteiger partial charge in [0.25, 0.3) is 0 Å². The molecule has 1 saturated carbocycles. The van der Waals surface area contributed by atoms with Crippen LogP contribution in [0.5, 0.6) is 0 Å². The second kappa shape index (κ2) is 12.1. The number of hydrogen-bond acceptors (Lipinski definition) is 4. The van der Waals surface area contributed by atoms with Gasteiger partial charge < -0.3 is 10.2 Å². The Morgan fingerprint density at radius 3 is 2.42 bits per heavy atom. The molecule has 1 aliphatic carbocycles. The second-order valence-corrected chi connectivity index (χ2v) is 11.6. The fourth-order valence-electron chi connectivity index (χ4n) is 4.42. The van der Waals surface area contributed by atoms with Crippen LogP contribution in [0, 0.1) is 12.7 Å². The molecular formula is C26H33ClFN3O4S. The second-order valence-electron chi connectivity index (χ2n) is 9.29. The standard InChI is InChI=1S/C26H33ClFN3O4S/c1-18-22(27)13-9-15-24(18)31(36(3,34)35)17-25(32)30(16-20-10-7-8-14-23(20)28)19(2)26(33)29-21-11-5-4-6-12-21/h7-10,13-15,19,21H,4-6,11-12,16-17H2,1-3H3,(H,29,33)/t19-/m1/s1. The first-order valence-electron chi connectivity index (χ1n) is 12.0. The number of halogens is 2. The molecule has 2 aromatic carbocycles. The molecule has 7 nitrogen and oxygen atoms in total. The fourth-order valence-corrected chi connectivity index (χ4v) is 5.49. The first kappa shape index (κ1) is 27.9. The van der Waals surface area contributed by atoms with Gasteiger partial charge in [0.2, 0.25) is 21.8 Å². The van der Waals surface area contributed by atoms with E-state index in [4.69, 9.17) is 11.6 Å². The summed E-state index contributed by atoms with van der Waals surface area (Å²) < 4.78 is 40.9. The molecule has 0 saturated heterocycles. The summed E-state index contributed by atoms with van der Waals surface area (Å²) in [5, 5.41) is 3.37. The molecule has 2 amide bonds. The van der Waals surface area contributed by atoms with Crippen LogP contribution in [-0.4, -0.2) is 50.0 Å². The maximum absolute atomic E-state index is 14.5. The van der Waals surface area contributed by atoms with Crippen LogP contribution in [0.1, 0.15) is 50.2 Å². The molecule has 2 aromatic rings. The predicted molar refractivity (Wildman–Crippen MR) is 140 cm³/mol. The monoisotopic (exact) mass is 537 g/mol. The van der Waals surface area contributed by atoms with Crippen molar-refractivity contribution in [2.45, 2.75) is 64.6 Å². The van der Waals surface area contributed by atoms with Crippen molar-refractivity contribution in [3.05, 3.63) is 64.4 Å². The van der Waals surface area contributed by atoms with Crippen LogP contribution >= 0.6 is 11.6 Å². The van der Waals surface area contributed by atoms with Crippen molar-refractivity contribution in [3.8, 4) is 0 Å². The maximum Gasteiger partial charge on any atom is 0.244 e. The van der Waals surface area contributed by atoms with Gasteiger partial charge >= 0.3 is 0 Å². The average molecular weight is 538 g/mol. The highest BCUT2D eigenvalue weighted by Crippen LogP contribution is 2.28. The van der Waals surface area contributed by atoms with Gasteiger partial charge in [0.15, 0.2) is 0 Å². The quantitative estimate of drug-likeness (QED) is 0.513. The summed E-state index contributed by atoms with van der Waals surface area (Å²) >= 11 is 6.20. The van der Waals surface area contributed by atoms with E-state index >= 15 is 0 Å². The normalized spacial score (nSPS) is 15.2. The van der Waals surface area contributed by atoms with Crippen molar-refractivity contribution >= 4 is 39.1 Å². The van der Waals surface area contributed by atoms with Gasteiger partial charge in [-0.3, -0.25) is 13.9 Å². The predicted octanol–water partition coefficient (Wildman–Crippen LogP) is 4.42.